The minimum atomic E-state index is 0.0151. The maximum absolute atomic E-state index is 12.1. The van der Waals surface area contributed by atoms with Gasteiger partial charge in [0.15, 0.2) is 0 Å². The number of amides is 1. The standard InChI is InChI=1S/C17H20ClN3O2S/c1-11-5-2-3-8-14(11)19-15(22)10-24-17-21-20-16(23-17)12-6-4-7-13(18)9-12/h4,6-7,9,11,14H,2-3,5,8,10H2,1H3,(H,19,22)/t11-,14+/m1/s1. The van der Waals surface area contributed by atoms with E-state index in [1.807, 2.05) is 12.1 Å². The third-order valence-corrected chi connectivity index (χ3v) is 5.32. The molecule has 1 heterocycles. The zero-order valence-corrected chi connectivity index (χ0v) is 15.1. The summed E-state index contributed by atoms with van der Waals surface area (Å²) in [7, 11) is 0. The smallest absolute Gasteiger partial charge is 0.277 e. The fraction of sp³-hybridized carbons (Fsp3) is 0.471. The van der Waals surface area contributed by atoms with Crippen LogP contribution < -0.4 is 5.32 Å². The number of nitrogens with one attached hydrogen (secondary N) is 1. The average molecular weight is 366 g/mol. The first-order valence-corrected chi connectivity index (χ1v) is 9.50. The maximum atomic E-state index is 12.1. The van der Waals surface area contributed by atoms with Gasteiger partial charge in [-0.3, -0.25) is 4.79 Å². The van der Waals surface area contributed by atoms with Crippen molar-refractivity contribution >= 4 is 29.3 Å². The summed E-state index contributed by atoms with van der Waals surface area (Å²) in [6.07, 6.45) is 4.70. The minimum Gasteiger partial charge on any atom is -0.411 e. The largest absolute Gasteiger partial charge is 0.411 e. The normalized spacial score (nSPS) is 20.8. The van der Waals surface area contributed by atoms with Crippen molar-refractivity contribution in [3.05, 3.63) is 29.3 Å². The van der Waals surface area contributed by atoms with Crippen molar-refractivity contribution in [3.8, 4) is 11.5 Å². The lowest BCUT2D eigenvalue weighted by Gasteiger charge is -2.29. The van der Waals surface area contributed by atoms with Gasteiger partial charge in [0.1, 0.15) is 0 Å². The summed E-state index contributed by atoms with van der Waals surface area (Å²) in [5.41, 5.74) is 0.766. The quantitative estimate of drug-likeness (QED) is 0.805. The molecule has 2 aromatic rings. The van der Waals surface area contributed by atoms with Crippen LogP contribution >= 0.6 is 23.4 Å². The Morgan fingerprint density at radius 1 is 1.38 bits per heavy atom. The lowest BCUT2D eigenvalue weighted by molar-refractivity contribution is -0.119. The molecule has 1 fully saturated rings. The van der Waals surface area contributed by atoms with Gasteiger partial charge in [0.25, 0.3) is 5.22 Å². The van der Waals surface area contributed by atoms with E-state index in [4.69, 9.17) is 16.0 Å². The van der Waals surface area contributed by atoms with Gasteiger partial charge in [-0.2, -0.15) is 0 Å². The lowest BCUT2D eigenvalue weighted by atomic mass is 9.86. The Bertz CT molecular complexity index is 707. The van der Waals surface area contributed by atoms with E-state index in [0.717, 1.165) is 12.0 Å². The van der Waals surface area contributed by atoms with Crippen molar-refractivity contribution in [2.75, 3.05) is 5.75 Å². The van der Waals surface area contributed by atoms with Crippen LogP contribution in [-0.2, 0) is 4.79 Å². The van der Waals surface area contributed by atoms with Gasteiger partial charge < -0.3 is 9.73 Å². The Balaban J connectivity index is 1.52. The molecule has 0 bridgehead atoms. The Hall–Kier alpha value is -1.53. The van der Waals surface area contributed by atoms with Gasteiger partial charge in [-0.15, -0.1) is 10.2 Å². The second-order valence-corrected chi connectivity index (χ2v) is 7.47. The molecule has 3 rings (SSSR count). The zero-order chi connectivity index (χ0) is 16.9. The molecule has 24 heavy (non-hydrogen) atoms. The van der Waals surface area contributed by atoms with Crippen molar-refractivity contribution in [1.82, 2.24) is 15.5 Å². The molecule has 7 heteroatoms. The molecule has 1 N–H and O–H groups in total. The van der Waals surface area contributed by atoms with Crippen molar-refractivity contribution in [3.63, 3.8) is 0 Å². The van der Waals surface area contributed by atoms with E-state index in [0.29, 0.717) is 22.1 Å². The second kappa shape index (κ2) is 8.03. The van der Waals surface area contributed by atoms with E-state index in [2.05, 4.69) is 22.4 Å². The molecule has 5 nitrogen and oxygen atoms in total. The number of aromatic nitrogens is 2. The van der Waals surface area contributed by atoms with Crippen LogP contribution in [0.2, 0.25) is 5.02 Å². The predicted octanol–water partition coefficient (Wildman–Crippen LogP) is 4.18. The predicted molar refractivity (Wildman–Crippen MR) is 95.0 cm³/mol. The number of halogens is 1. The van der Waals surface area contributed by atoms with Crippen LogP contribution in [0.1, 0.15) is 32.6 Å². The Kier molecular flexibility index (Phi) is 5.79. The minimum absolute atomic E-state index is 0.0151. The average Bonchev–Trinajstić information content (AvgIpc) is 3.04. The molecule has 0 spiro atoms. The summed E-state index contributed by atoms with van der Waals surface area (Å²) >= 11 is 7.21. The van der Waals surface area contributed by atoms with Gasteiger partial charge in [-0.05, 0) is 37.0 Å². The first-order chi connectivity index (χ1) is 11.6. The number of thioether (sulfide) groups is 1. The Morgan fingerprint density at radius 3 is 3.00 bits per heavy atom. The fourth-order valence-electron chi connectivity index (χ4n) is 2.91. The molecular weight excluding hydrogens is 346 g/mol. The van der Waals surface area contributed by atoms with Gasteiger partial charge in [0.05, 0.1) is 5.75 Å². The number of nitrogens with zero attached hydrogens (tertiary/aromatic N) is 2. The highest BCUT2D eigenvalue weighted by Gasteiger charge is 2.23. The van der Waals surface area contributed by atoms with E-state index in [-0.39, 0.29) is 17.7 Å². The highest BCUT2D eigenvalue weighted by molar-refractivity contribution is 7.99. The summed E-state index contributed by atoms with van der Waals surface area (Å²) < 4.78 is 5.59. The molecule has 1 aliphatic carbocycles. The Labute approximate surface area is 150 Å². The summed E-state index contributed by atoms with van der Waals surface area (Å²) in [5.74, 6) is 1.24. The molecular formula is C17H20ClN3O2S. The molecule has 0 unspecified atom stereocenters. The van der Waals surface area contributed by atoms with Gasteiger partial charge in [-0.25, -0.2) is 0 Å². The second-order valence-electron chi connectivity index (χ2n) is 6.11. The molecule has 1 aliphatic rings. The van der Waals surface area contributed by atoms with Gasteiger partial charge >= 0.3 is 0 Å². The van der Waals surface area contributed by atoms with Gasteiger partial charge in [-0.1, -0.05) is 49.2 Å². The van der Waals surface area contributed by atoms with Crippen LogP contribution in [0.3, 0.4) is 0 Å². The third-order valence-electron chi connectivity index (χ3n) is 4.26. The highest BCUT2D eigenvalue weighted by atomic mass is 35.5. The first kappa shape index (κ1) is 17.3. The summed E-state index contributed by atoms with van der Waals surface area (Å²) in [4.78, 5) is 12.1. The monoisotopic (exact) mass is 365 g/mol. The van der Waals surface area contributed by atoms with Crippen molar-refractivity contribution in [2.45, 2.75) is 43.9 Å². The lowest BCUT2D eigenvalue weighted by Crippen LogP contribution is -2.41. The van der Waals surface area contributed by atoms with E-state index in [1.54, 1.807) is 12.1 Å². The van der Waals surface area contributed by atoms with Crippen molar-refractivity contribution in [2.24, 2.45) is 5.92 Å². The van der Waals surface area contributed by atoms with Crippen LogP contribution in [-0.4, -0.2) is 27.9 Å². The highest BCUT2D eigenvalue weighted by Crippen LogP contribution is 2.26. The van der Waals surface area contributed by atoms with Crippen LogP contribution in [0, 0.1) is 5.92 Å². The van der Waals surface area contributed by atoms with Crippen molar-refractivity contribution < 1.29 is 9.21 Å². The number of hydrogen-bond acceptors (Lipinski definition) is 5. The zero-order valence-electron chi connectivity index (χ0n) is 13.5. The molecule has 0 aliphatic heterocycles. The van der Waals surface area contributed by atoms with Crippen LogP contribution in [0.5, 0.6) is 0 Å². The van der Waals surface area contributed by atoms with E-state index >= 15 is 0 Å². The van der Waals surface area contributed by atoms with E-state index in [1.165, 1.54) is 31.0 Å². The molecule has 2 atom stereocenters. The first-order valence-electron chi connectivity index (χ1n) is 8.13. The topological polar surface area (TPSA) is 68.0 Å². The molecule has 0 radical (unpaired) electrons. The Morgan fingerprint density at radius 2 is 2.21 bits per heavy atom. The number of carbonyl (C=O) groups is 1. The van der Waals surface area contributed by atoms with E-state index < -0.39 is 0 Å². The molecule has 1 amide bonds. The molecule has 1 aromatic carbocycles. The number of rotatable bonds is 5. The molecule has 1 aromatic heterocycles. The SMILES string of the molecule is C[C@@H]1CCCC[C@@H]1NC(=O)CSc1nnc(-c2cccc(Cl)c2)o1. The van der Waals surface area contributed by atoms with Crippen LogP contribution in [0.25, 0.3) is 11.5 Å². The van der Waals surface area contributed by atoms with Crippen LogP contribution in [0.15, 0.2) is 33.9 Å². The summed E-state index contributed by atoms with van der Waals surface area (Å²) in [6, 6.07) is 7.52. The number of carbonyl (C=O) groups excluding carboxylic acids is 1. The summed E-state index contributed by atoms with van der Waals surface area (Å²) in [5, 5.41) is 12.1. The van der Waals surface area contributed by atoms with Gasteiger partial charge in [0, 0.05) is 16.6 Å². The van der Waals surface area contributed by atoms with Crippen LogP contribution in [0.4, 0.5) is 0 Å². The third kappa shape index (κ3) is 4.51. The maximum Gasteiger partial charge on any atom is 0.277 e. The molecule has 128 valence electrons. The summed E-state index contributed by atoms with van der Waals surface area (Å²) in [6.45, 7) is 2.20. The van der Waals surface area contributed by atoms with Crippen molar-refractivity contribution in [1.29, 1.82) is 0 Å². The number of hydrogen-bond donors (Lipinski definition) is 1. The fourth-order valence-corrected chi connectivity index (χ4v) is 3.68. The van der Waals surface area contributed by atoms with E-state index in [9.17, 15) is 4.79 Å². The molecule has 0 saturated heterocycles. The molecule has 1 saturated carbocycles. The van der Waals surface area contributed by atoms with Gasteiger partial charge in [0.2, 0.25) is 11.8 Å². The number of benzene rings is 1.